The second-order valence-corrected chi connectivity index (χ2v) is 7.19. The van der Waals surface area contributed by atoms with Gasteiger partial charge >= 0.3 is 0 Å². The number of rotatable bonds is 5. The van der Waals surface area contributed by atoms with Gasteiger partial charge < -0.3 is 19.3 Å². The van der Waals surface area contributed by atoms with E-state index in [1.54, 1.807) is 18.4 Å². The lowest BCUT2D eigenvalue weighted by molar-refractivity contribution is -0.119. The summed E-state index contributed by atoms with van der Waals surface area (Å²) in [7, 11) is 0. The summed E-state index contributed by atoms with van der Waals surface area (Å²) < 4.78 is 16.8. The van der Waals surface area contributed by atoms with Gasteiger partial charge in [-0.1, -0.05) is 38.1 Å². The Morgan fingerprint density at radius 3 is 2.04 bits per heavy atom. The molecule has 1 heterocycles. The molecular weight excluding hydrogens is 316 g/mol. The van der Waals surface area contributed by atoms with Crippen LogP contribution < -0.4 is 4.74 Å². The monoisotopic (exact) mass is 340 g/mol. The number of hydrogen-bond donors (Lipinski definition) is 1. The predicted octanol–water partition coefficient (Wildman–Crippen LogP) is 4.72. The lowest BCUT2D eigenvalue weighted by Gasteiger charge is -2.26. The molecule has 4 nitrogen and oxygen atoms in total. The predicted molar refractivity (Wildman–Crippen MR) is 96.5 cm³/mol. The van der Waals surface area contributed by atoms with Crippen LogP contribution in [0.25, 0.3) is 0 Å². The molecule has 132 valence electrons. The zero-order valence-corrected chi connectivity index (χ0v) is 15.1. The first-order valence-electron chi connectivity index (χ1n) is 8.35. The maximum Gasteiger partial charge on any atom is 0.244 e. The molecule has 25 heavy (non-hydrogen) atoms. The van der Waals surface area contributed by atoms with Crippen LogP contribution in [-0.2, 0) is 14.9 Å². The zero-order chi connectivity index (χ0) is 18.1. The molecule has 4 heteroatoms. The standard InChI is InChI=1S/C21H24O4/c1-20(2,15-5-9-17(22)10-6-15)16-7-11-18(12-8-16)23-13-19-14-24-21(3,4)25-19/h5-12,14,22H,13H2,1-4H3. The highest BCUT2D eigenvalue weighted by molar-refractivity contribution is 5.41. The van der Waals surface area contributed by atoms with E-state index < -0.39 is 5.79 Å². The molecule has 0 atom stereocenters. The third kappa shape index (κ3) is 3.90. The van der Waals surface area contributed by atoms with Gasteiger partial charge in [-0.05, 0) is 35.4 Å². The molecule has 0 saturated heterocycles. The second-order valence-electron chi connectivity index (χ2n) is 7.19. The fourth-order valence-electron chi connectivity index (χ4n) is 2.80. The van der Waals surface area contributed by atoms with Crippen molar-refractivity contribution in [2.24, 2.45) is 0 Å². The van der Waals surface area contributed by atoms with Crippen molar-refractivity contribution in [3.8, 4) is 11.5 Å². The van der Waals surface area contributed by atoms with Gasteiger partial charge in [0.25, 0.3) is 0 Å². The Balaban J connectivity index is 1.66. The molecule has 0 amide bonds. The topological polar surface area (TPSA) is 47.9 Å². The van der Waals surface area contributed by atoms with Crippen molar-refractivity contribution in [1.29, 1.82) is 0 Å². The maximum absolute atomic E-state index is 9.47. The Morgan fingerprint density at radius 1 is 0.960 bits per heavy atom. The lowest BCUT2D eigenvalue weighted by atomic mass is 9.78. The van der Waals surface area contributed by atoms with E-state index in [4.69, 9.17) is 14.2 Å². The second kappa shape index (κ2) is 6.36. The van der Waals surface area contributed by atoms with Gasteiger partial charge in [0.05, 0.1) is 0 Å². The van der Waals surface area contributed by atoms with E-state index in [9.17, 15) is 5.11 Å². The summed E-state index contributed by atoms with van der Waals surface area (Å²) in [6, 6.07) is 15.4. The average Bonchev–Trinajstić information content (AvgIpc) is 2.93. The summed E-state index contributed by atoms with van der Waals surface area (Å²) in [5, 5.41) is 9.47. The molecule has 3 rings (SSSR count). The lowest BCUT2D eigenvalue weighted by Crippen LogP contribution is -2.21. The van der Waals surface area contributed by atoms with Crippen molar-refractivity contribution >= 4 is 0 Å². The molecule has 0 aromatic heterocycles. The van der Waals surface area contributed by atoms with Gasteiger partial charge in [0.15, 0.2) is 5.76 Å². The van der Waals surface area contributed by atoms with Gasteiger partial charge in [-0.15, -0.1) is 0 Å². The highest BCUT2D eigenvalue weighted by Crippen LogP contribution is 2.33. The SMILES string of the molecule is CC1(C)OC=C(COc2ccc(C(C)(C)c3ccc(O)cc3)cc2)O1. The summed E-state index contributed by atoms with van der Waals surface area (Å²) >= 11 is 0. The molecule has 0 aliphatic carbocycles. The molecule has 0 unspecified atom stereocenters. The minimum atomic E-state index is -0.614. The van der Waals surface area contributed by atoms with Gasteiger partial charge in [-0.2, -0.15) is 0 Å². The Hall–Kier alpha value is -2.62. The molecule has 0 spiro atoms. The van der Waals surface area contributed by atoms with E-state index >= 15 is 0 Å². The Labute approximate surface area is 148 Å². The van der Waals surface area contributed by atoms with Crippen LogP contribution in [0.5, 0.6) is 11.5 Å². The smallest absolute Gasteiger partial charge is 0.244 e. The third-order valence-corrected chi connectivity index (χ3v) is 4.40. The number of phenols is 1. The van der Waals surface area contributed by atoms with Gasteiger partial charge in [-0.25, -0.2) is 0 Å². The summed E-state index contributed by atoms with van der Waals surface area (Å²) in [6.07, 6.45) is 1.60. The summed E-state index contributed by atoms with van der Waals surface area (Å²) in [5.41, 5.74) is 2.15. The van der Waals surface area contributed by atoms with E-state index in [0.717, 1.165) is 11.3 Å². The molecule has 2 aromatic rings. The van der Waals surface area contributed by atoms with Gasteiger partial charge in [0.2, 0.25) is 5.79 Å². The quantitative estimate of drug-likeness (QED) is 0.855. The summed E-state index contributed by atoms with van der Waals surface area (Å²) in [4.78, 5) is 0. The Kier molecular flexibility index (Phi) is 4.38. The molecule has 0 bridgehead atoms. The van der Waals surface area contributed by atoms with Crippen LogP contribution in [0, 0.1) is 0 Å². The van der Waals surface area contributed by atoms with Crippen molar-refractivity contribution < 1.29 is 19.3 Å². The van der Waals surface area contributed by atoms with E-state index in [0.29, 0.717) is 12.4 Å². The molecule has 2 aromatic carbocycles. The van der Waals surface area contributed by atoms with E-state index in [2.05, 4.69) is 26.0 Å². The first kappa shape index (κ1) is 17.2. The van der Waals surface area contributed by atoms with Crippen molar-refractivity contribution in [3.63, 3.8) is 0 Å². The minimum Gasteiger partial charge on any atom is -0.508 e. The van der Waals surface area contributed by atoms with Crippen LogP contribution in [0.2, 0.25) is 0 Å². The zero-order valence-electron chi connectivity index (χ0n) is 15.1. The van der Waals surface area contributed by atoms with E-state index in [1.807, 2.05) is 38.1 Å². The molecule has 1 aliphatic heterocycles. The molecule has 0 radical (unpaired) electrons. The van der Waals surface area contributed by atoms with Crippen LogP contribution in [0.3, 0.4) is 0 Å². The molecule has 1 aliphatic rings. The Bertz CT molecular complexity index is 755. The molecule has 0 saturated carbocycles. The van der Waals surface area contributed by atoms with Crippen LogP contribution in [-0.4, -0.2) is 17.5 Å². The minimum absolute atomic E-state index is 0.165. The largest absolute Gasteiger partial charge is 0.508 e. The fraction of sp³-hybridized carbons (Fsp3) is 0.333. The van der Waals surface area contributed by atoms with Crippen molar-refractivity contribution in [2.45, 2.75) is 38.9 Å². The third-order valence-electron chi connectivity index (χ3n) is 4.40. The van der Waals surface area contributed by atoms with Crippen LogP contribution >= 0.6 is 0 Å². The molecular formula is C21H24O4. The molecule has 0 fully saturated rings. The highest BCUT2D eigenvalue weighted by atomic mass is 16.7. The first-order chi connectivity index (χ1) is 11.8. The van der Waals surface area contributed by atoms with E-state index in [1.165, 1.54) is 5.56 Å². The fourth-order valence-corrected chi connectivity index (χ4v) is 2.80. The number of ether oxygens (including phenoxy) is 3. The number of phenolic OH excluding ortho intramolecular Hbond substituents is 1. The maximum atomic E-state index is 9.47. The van der Waals surface area contributed by atoms with Crippen LogP contribution in [0.15, 0.2) is 60.6 Å². The van der Waals surface area contributed by atoms with Gasteiger partial charge in [-0.3, -0.25) is 0 Å². The van der Waals surface area contributed by atoms with Crippen molar-refractivity contribution in [1.82, 2.24) is 0 Å². The number of hydrogen-bond acceptors (Lipinski definition) is 4. The normalized spacial score (nSPS) is 15.9. The summed E-state index contributed by atoms with van der Waals surface area (Å²) in [5.74, 6) is 1.12. The van der Waals surface area contributed by atoms with Gasteiger partial charge in [0, 0.05) is 19.3 Å². The average molecular weight is 340 g/mol. The molecule has 1 N–H and O–H groups in total. The van der Waals surface area contributed by atoms with Crippen molar-refractivity contribution in [2.75, 3.05) is 6.61 Å². The first-order valence-corrected chi connectivity index (χ1v) is 8.35. The highest BCUT2D eigenvalue weighted by Gasteiger charge is 2.28. The number of aromatic hydroxyl groups is 1. The van der Waals surface area contributed by atoms with Crippen LogP contribution in [0.1, 0.15) is 38.8 Å². The van der Waals surface area contributed by atoms with E-state index in [-0.39, 0.29) is 11.2 Å². The number of benzene rings is 2. The van der Waals surface area contributed by atoms with Gasteiger partial charge in [0.1, 0.15) is 24.4 Å². The Morgan fingerprint density at radius 2 is 1.52 bits per heavy atom. The summed E-state index contributed by atoms with van der Waals surface area (Å²) in [6.45, 7) is 8.37. The van der Waals surface area contributed by atoms with Crippen LogP contribution in [0.4, 0.5) is 0 Å². The van der Waals surface area contributed by atoms with Crippen molar-refractivity contribution in [3.05, 3.63) is 71.7 Å².